The van der Waals surface area contributed by atoms with E-state index in [-0.39, 0.29) is 29.3 Å². The second-order valence-corrected chi connectivity index (χ2v) is 10.6. The molecular formula is C25H42O4. The van der Waals surface area contributed by atoms with Gasteiger partial charge in [0, 0.05) is 18.8 Å². The lowest BCUT2D eigenvalue weighted by Crippen LogP contribution is -2.57. The zero-order chi connectivity index (χ0) is 21.4. The first-order chi connectivity index (χ1) is 13.8. The van der Waals surface area contributed by atoms with Crippen molar-refractivity contribution in [3.05, 3.63) is 0 Å². The molecule has 0 heterocycles. The Kier molecular flexibility index (Phi) is 6.82. The second kappa shape index (κ2) is 8.69. The van der Waals surface area contributed by atoms with Gasteiger partial charge in [0.1, 0.15) is 5.78 Å². The van der Waals surface area contributed by atoms with Crippen LogP contribution in [0.3, 0.4) is 0 Å². The molecule has 0 saturated heterocycles. The van der Waals surface area contributed by atoms with Gasteiger partial charge < -0.3 is 10.2 Å². The molecule has 0 bridgehead atoms. The van der Waals surface area contributed by atoms with Crippen LogP contribution in [0.4, 0.5) is 0 Å². The number of aliphatic hydroxyl groups is 1. The van der Waals surface area contributed by atoms with Gasteiger partial charge in [-0.1, -0.05) is 27.7 Å². The van der Waals surface area contributed by atoms with Crippen molar-refractivity contribution in [2.75, 3.05) is 0 Å². The van der Waals surface area contributed by atoms with E-state index < -0.39 is 5.97 Å². The lowest BCUT2D eigenvalue weighted by Gasteiger charge is -2.60. The van der Waals surface area contributed by atoms with E-state index in [1.165, 1.54) is 6.42 Å². The number of ketones is 1. The van der Waals surface area contributed by atoms with Gasteiger partial charge in [-0.15, -0.1) is 0 Å². The Morgan fingerprint density at radius 1 is 1.03 bits per heavy atom. The van der Waals surface area contributed by atoms with E-state index in [9.17, 15) is 14.7 Å². The van der Waals surface area contributed by atoms with Gasteiger partial charge in [0.15, 0.2) is 0 Å². The van der Waals surface area contributed by atoms with Crippen molar-refractivity contribution < 1.29 is 19.8 Å². The molecule has 0 spiro atoms. The van der Waals surface area contributed by atoms with Crippen LogP contribution in [-0.4, -0.2) is 28.1 Å². The largest absolute Gasteiger partial charge is 0.481 e. The minimum Gasteiger partial charge on any atom is -0.481 e. The van der Waals surface area contributed by atoms with Gasteiger partial charge in [0.05, 0.1) is 6.10 Å². The molecule has 4 heteroatoms. The van der Waals surface area contributed by atoms with Crippen molar-refractivity contribution in [2.45, 2.75) is 104 Å². The Morgan fingerprint density at radius 2 is 1.69 bits per heavy atom. The van der Waals surface area contributed by atoms with Gasteiger partial charge in [0.2, 0.25) is 0 Å². The number of carbonyl (C=O) groups is 2. The number of aliphatic hydroxyl groups excluding tert-OH is 1. The van der Waals surface area contributed by atoms with Gasteiger partial charge in [0.25, 0.3) is 0 Å². The summed E-state index contributed by atoms with van der Waals surface area (Å²) in [6.07, 6.45) is 9.89. The first kappa shape index (κ1) is 22.8. The predicted octanol–water partition coefficient (Wildman–Crippen LogP) is 5.47. The molecule has 0 radical (unpaired) electrons. The Hall–Kier alpha value is -0.900. The highest BCUT2D eigenvalue weighted by atomic mass is 16.4. The van der Waals surface area contributed by atoms with Crippen LogP contribution in [-0.2, 0) is 9.59 Å². The maximum Gasteiger partial charge on any atom is 0.303 e. The topological polar surface area (TPSA) is 74.6 Å². The Morgan fingerprint density at radius 3 is 2.38 bits per heavy atom. The molecule has 0 aliphatic heterocycles. The molecular weight excluding hydrogens is 364 g/mol. The molecule has 4 aliphatic rings. The van der Waals surface area contributed by atoms with E-state index >= 15 is 0 Å². The summed E-state index contributed by atoms with van der Waals surface area (Å²) in [4.78, 5) is 24.2. The third kappa shape index (κ3) is 3.91. The van der Waals surface area contributed by atoms with Gasteiger partial charge in [-0.3, -0.25) is 9.59 Å². The van der Waals surface area contributed by atoms with E-state index in [1.54, 1.807) is 0 Å². The second-order valence-electron chi connectivity index (χ2n) is 10.6. The number of hydrogen-bond acceptors (Lipinski definition) is 3. The molecule has 166 valence electrons. The molecule has 0 aromatic rings. The van der Waals surface area contributed by atoms with Crippen LogP contribution < -0.4 is 0 Å². The molecule has 4 rings (SSSR count). The van der Waals surface area contributed by atoms with Crippen LogP contribution in [0.25, 0.3) is 0 Å². The van der Waals surface area contributed by atoms with E-state index in [1.807, 2.05) is 13.8 Å². The zero-order valence-corrected chi connectivity index (χ0v) is 19.0. The molecule has 8 atom stereocenters. The summed E-state index contributed by atoms with van der Waals surface area (Å²) >= 11 is 0. The highest BCUT2D eigenvalue weighted by Crippen LogP contribution is 2.67. The minimum absolute atomic E-state index is 0.213. The molecule has 4 fully saturated rings. The summed E-state index contributed by atoms with van der Waals surface area (Å²) in [5, 5.41) is 19.1. The number of fused-ring (bicyclic) bond motifs is 5. The van der Waals surface area contributed by atoms with Crippen molar-refractivity contribution in [3.8, 4) is 0 Å². The minimum atomic E-state index is -0.695. The van der Waals surface area contributed by atoms with Crippen LogP contribution in [0.5, 0.6) is 0 Å². The Labute approximate surface area is 176 Å². The molecule has 7 unspecified atom stereocenters. The number of carboxylic acids is 1. The molecule has 29 heavy (non-hydrogen) atoms. The number of Topliss-reactive ketones (excluding diaryl/α,β-unsaturated/α-hetero) is 1. The lowest BCUT2D eigenvalue weighted by molar-refractivity contribution is -0.160. The standard InChI is InChI=1S/C23H36O4.C2H6/c1-22-11-9-18-21(17(22)7-6-14(22)4-3-5-20(26)27)19(25)13-15-12-16(24)8-10-23(15,18)2;1-2/h14-18,21,24H,3-13H2,1-2H3,(H,26,27);1-2H3/t14?,15?,16-,17?,18?,21?,22?,23?;/m1./s1. The van der Waals surface area contributed by atoms with E-state index in [2.05, 4.69) is 13.8 Å². The fraction of sp³-hybridized carbons (Fsp3) is 0.920. The third-order valence-electron chi connectivity index (χ3n) is 9.58. The normalized spacial score (nSPS) is 46.0. The van der Waals surface area contributed by atoms with E-state index in [4.69, 9.17) is 5.11 Å². The summed E-state index contributed by atoms with van der Waals surface area (Å²) < 4.78 is 0. The summed E-state index contributed by atoms with van der Waals surface area (Å²) in [5.74, 6) is 1.92. The molecule has 2 N–H and O–H groups in total. The monoisotopic (exact) mass is 406 g/mol. The van der Waals surface area contributed by atoms with Crippen LogP contribution >= 0.6 is 0 Å². The summed E-state index contributed by atoms with van der Waals surface area (Å²) in [7, 11) is 0. The van der Waals surface area contributed by atoms with Crippen LogP contribution in [0, 0.1) is 40.4 Å². The van der Waals surface area contributed by atoms with Crippen molar-refractivity contribution in [3.63, 3.8) is 0 Å². The summed E-state index contributed by atoms with van der Waals surface area (Å²) in [6, 6.07) is 0. The smallest absolute Gasteiger partial charge is 0.303 e. The third-order valence-corrected chi connectivity index (χ3v) is 9.58. The molecule has 0 amide bonds. The fourth-order valence-corrected chi connectivity index (χ4v) is 7.99. The Bertz CT molecular complexity index is 616. The van der Waals surface area contributed by atoms with E-state index in [0.29, 0.717) is 35.9 Å². The molecule has 0 aromatic carbocycles. The number of rotatable bonds is 4. The average molecular weight is 407 g/mol. The van der Waals surface area contributed by atoms with Crippen molar-refractivity contribution >= 4 is 11.8 Å². The number of carbonyl (C=O) groups excluding carboxylic acids is 1. The van der Waals surface area contributed by atoms with Crippen molar-refractivity contribution in [1.29, 1.82) is 0 Å². The first-order valence-corrected chi connectivity index (χ1v) is 12.2. The zero-order valence-electron chi connectivity index (χ0n) is 19.0. The molecule has 0 aromatic heterocycles. The highest BCUT2D eigenvalue weighted by Gasteiger charge is 2.62. The van der Waals surface area contributed by atoms with Crippen LogP contribution in [0.2, 0.25) is 0 Å². The predicted molar refractivity (Wildman–Crippen MR) is 114 cm³/mol. The molecule has 4 nitrogen and oxygen atoms in total. The van der Waals surface area contributed by atoms with Crippen LogP contribution in [0.1, 0.15) is 98.3 Å². The van der Waals surface area contributed by atoms with Gasteiger partial charge in [-0.25, -0.2) is 0 Å². The van der Waals surface area contributed by atoms with Crippen LogP contribution in [0.15, 0.2) is 0 Å². The SMILES string of the molecule is CC.CC12CCC3C(C(=O)CC4C[C@H](O)CCC43C)C1CCC2CCCC(=O)O. The molecule has 4 aliphatic carbocycles. The fourth-order valence-electron chi connectivity index (χ4n) is 7.99. The maximum atomic E-state index is 13.3. The Balaban J connectivity index is 0.00000117. The highest BCUT2D eigenvalue weighted by molar-refractivity contribution is 5.83. The average Bonchev–Trinajstić information content (AvgIpc) is 3.01. The number of hydrogen-bond donors (Lipinski definition) is 2. The van der Waals surface area contributed by atoms with E-state index in [0.717, 1.165) is 51.4 Å². The van der Waals surface area contributed by atoms with Gasteiger partial charge in [-0.2, -0.15) is 0 Å². The maximum absolute atomic E-state index is 13.3. The summed E-state index contributed by atoms with van der Waals surface area (Å²) in [5.41, 5.74) is 0.438. The quantitative estimate of drug-likeness (QED) is 0.649. The summed E-state index contributed by atoms with van der Waals surface area (Å²) in [6.45, 7) is 8.81. The van der Waals surface area contributed by atoms with Crippen molar-refractivity contribution in [2.24, 2.45) is 40.4 Å². The van der Waals surface area contributed by atoms with Gasteiger partial charge in [-0.05, 0) is 92.3 Å². The van der Waals surface area contributed by atoms with Gasteiger partial charge >= 0.3 is 5.97 Å². The lowest BCUT2D eigenvalue weighted by atomic mass is 9.44. The first-order valence-electron chi connectivity index (χ1n) is 12.2. The number of aliphatic carboxylic acids is 1. The number of carboxylic acid groups (broad SMARTS) is 1. The molecule has 4 saturated carbocycles. The van der Waals surface area contributed by atoms with Crippen molar-refractivity contribution in [1.82, 2.24) is 0 Å².